The number of aromatic nitrogens is 3. The number of nitrogens with zero attached hydrogens (tertiary/aromatic N) is 3. The van der Waals surface area contributed by atoms with Crippen molar-refractivity contribution in [2.24, 2.45) is 0 Å². The Morgan fingerprint density at radius 1 is 1.35 bits per heavy atom. The zero-order valence-electron chi connectivity index (χ0n) is 10.2. The topological polar surface area (TPSA) is 106 Å². The first-order chi connectivity index (χ1) is 8.19. The van der Waals surface area contributed by atoms with Crippen molar-refractivity contribution in [3.63, 3.8) is 0 Å². The molecule has 0 saturated heterocycles. The Hall–Kier alpha value is -1.63. The van der Waals surface area contributed by atoms with Crippen molar-refractivity contribution in [2.75, 3.05) is 24.3 Å². The van der Waals surface area contributed by atoms with Gasteiger partial charge in [-0.3, -0.25) is 0 Å². The number of nitrogen functional groups attached to an aromatic ring is 1. The predicted molar refractivity (Wildman–Crippen MR) is 64.8 cm³/mol. The van der Waals surface area contributed by atoms with E-state index in [1.165, 1.54) is 0 Å². The molecule has 1 unspecified atom stereocenters. The van der Waals surface area contributed by atoms with Gasteiger partial charge in [0.25, 0.3) is 0 Å². The first-order valence-corrected chi connectivity index (χ1v) is 5.71. The summed E-state index contributed by atoms with van der Waals surface area (Å²) in [6, 6.07) is 0.317. The Balaban J connectivity index is 2.75. The summed E-state index contributed by atoms with van der Waals surface area (Å²) in [6.45, 7) is 4.44. The Labute approximate surface area is 100 Å². The van der Waals surface area contributed by atoms with Gasteiger partial charge in [0.1, 0.15) is 0 Å². The molecule has 1 aromatic heterocycles. The van der Waals surface area contributed by atoms with Crippen LogP contribution in [0.4, 0.5) is 11.9 Å². The minimum atomic E-state index is 0.108. The van der Waals surface area contributed by atoms with Gasteiger partial charge in [0.15, 0.2) is 0 Å². The van der Waals surface area contributed by atoms with Crippen LogP contribution in [0.25, 0.3) is 0 Å². The normalized spacial score (nSPS) is 12.2. The van der Waals surface area contributed by atoms with E-state index >= 15 is 0 Å². The molecule has 0 bridgehead atoms. The van der Waals surface area contributed by atoms with E-state index in [2.05, 4.69) is 20.3 Å². The summed E-state index contributed by atoms with van der Waals surface area (Å²) in [4.78, 5) is 11.9. The number of ether oxygens (including phenoxy) is 1. The number of hydrogen-bond donors (Lipinski definition) is 3. The van der Waals surface area contributed by atoms with Crippen molar-refractivity contribution in [2.45, 2.75) is 32.7 Å². The molecular formula is C10H19N5O2. The lowest BCUT2D eigenvalue weighted by atomic mass is 10.2. The van der Waals surface area contributed by atoms with Crippen molar-refractivity contribution < 1.29 is 9.84 Å². The molecule has 1 atom stereocenters. The Morgan fingerprint density at radius 2 is 2.12 bits per heavy atom. The number of rotatable bonds is 7. The van der Waals surface area contributed by atoms with E-state index in [1.807, 2.05) is 13.8 Å². The van der Waals surface area contributed by atoms with E-state index < -0.39 is 0 Å². The number of anilines is 2. The van der Waals surface area contributed by atoms with Gasteiger partial charge in [-0.05, 0) is 19.8 Å². The molecule has 0 saturated carbocycles. The van der Waals surface area contributed by atoms with Crippen LogP contribution in [0.1, 0.15) is 26.7 Å². The van der Waals surface area contributed by atoms with Gasteiger partial charge < -0.3 is 20.9 Å². The molecule has 0 radical (unpaired) electrons. The molecule has 0 aliphatic rings. The molecule has 0 aliphatic heterocycles. The molecule has 1 heterocycles. The van der Waals surface area contributed by atoms with Gasteiger partial charge in [-0.1, -0.05) is 6.92 Å². The maximum absolute atomic E-state index is 8.90. The van der Waals surface area contributed by atoms with Gasteiger partial charge in [-0.15, -0.1) is 0 Å². The molecule has 7 heteroatoms. The molecule has 96 valence electrons. The maximum atomic E-state index is 8.90. The van der Waals surface area contributed by atoms with Crippen LogP contribution in [0.5, 0.6) is 6.01 Å². The van der Waals surface area contributed by atoms with Crippen LogP contribution >= 0.6 is 0 Å². The molecule has 0 aromatic carbocycles. The molecular weight excluding hydrogens is 222 g/mol. The lowest BCUT2D eigenvalue weighted by Crippen LogP contribution is -2.22. The largest absolute Gasteiger partial charge is 0.464 e. The summed E-state index contributed by atoms with van der Waals surface area (Å²) in [5.41, 5.74) is 5.55. The van der Waals surface area contributed by atoms with E-state index in [1.54, 1.807) is 0 Å². The molecule has 0 amide bonds. The van der Waals surface area contributed by atoms with Gasteiger partial charge in [0, 0.05) is 12.6 Å². The zero-order chi connectivity index (χ0) is 12.7. The molecule has 0 aliphatic carbocycles. The van der Waals surface area contributed by atoms with Crippen LogP contribution in [0, 0.1) is 0 Å². The highest BCUT2D eigenvalue weighted by atomic mass is 16.5. The molecule has 0 fully saturated rings. The Kier molecular flexibility index (Phi) is 5.41. The summed E-state index contributed by atoms with van der Waals surface area (Å²) >= 11 is 0. The second-order valence-electron chi connectivity index (χ2n) is 3.49. The highest BCUT2D eigenvalue weighted by Crippen LogP contribution is 2.11. The quantitative estimate of drug-likeness (QED) is 0.635. The third kappa shape index (κ3) is 4.39. The van der Waals surface area contributed by atoms with Crippen LogP contribution in [-0.2, 0) is 0 Å². The van der Waals surface area contributed by atoms with Crippen LogP contribution in [0.15, 0.2) is 0 Å². The second kappa shape index (κ2) is 6.85. The summed E-state index contributed by atoms with van der Waals surface area (Å²) in [5, 5.41) is 12.0. The van der Waals surface area contributed by atoms with Crippen LogP contribution in [0.3, 0.4) is 0 Å². The lowest BCUT2D eigenvalue weighted by Gasteiger charge is -2.15. The maximum Gasteiger partial charge on any atom is 0.323 e. The fourth-order valence-electron chi connectivity index (χ4n) is 1.35. The lowest BCUT2D eigenvalue weighted by molar-refractivity contribution is 0.277. The van der Waals surface area contributed by atoms with Crippen molar-refractivity contribution in [3.8, 4) is 6.01 Å². The van der Waals surface area contributed by atoms with Crippen LogP contribution < -0.4 is 15.8 Å². The number of hydrogen-bond acceptors (Lipinski definition) is 7. The third-order valence-corrected chi connectivity index (χ3v) is 2.21. The number of aliphatic hydroxyl groups is 1. The average Bonchev–Trinajstić information content (AvgIpc) is 2.28. The van der Waals surface area contributed by atoms with E-state index in [9.17, 15) is 0 Å². The van der Waals surface area contributed by atoms with Crippen molar-refractivity contribution in [1.29, 1.82) is 0 Å². The summed E-state index contributed by atoms with van der Waals surface area (Å²) in [7, 11) is 0. The van der Waals surface area contributed by atoms with Crippen molar-refractivity contribution in [3.05, 3.63) is 0 Å². The van der Waals surface area contributed by atoms with Gasteiger partial charge in [0.05, 0.1) is 6.61 Å². The fourth-order valence-corrected chi connectivity index (χ4v) is 1.35. The van der Waals surface area contributed by atoms with Crippen LogP contribution in [0.2, 0.25) is 0 Å². The SMILES string of the molecule is CCOc1nc(N)nc(NC(CC)CCO)n1. The second-order valence-corrected chi connectivity index (χ2v) is 3.49. The third-order valence-electron chi connectivity index (χ3n) is 2.21. The van der Waals surface area contributed by atoms with E-state index in [4.69, 9.17) is 15.6 Å². The minimum Gasteiger partial charge on any atom is -0.464 e. The van der Waals surface area contributed by atoms with Gasteiger partial charge >= 0.3 is 6.01 Å². The average molecular weight is 241 g/mol. The summed E-state index contributed by atoms with van der Waals surface area (Å²) < 4.78 is 5.17. The summed E-state index contributed by atoms with van der Waals surface area (Å²) in [6.07, 6.45) is 1.49. The van der Waals surface area contributed by atoms with Crippen molar-refractivity contribution >= 4 is 11.9 Å². The van der Waals surface area contributed by atoms with E-state index in [0.29, 0.717) is 19.0 Å². The van der Waals surface area contributed by atoms with E-state index in [-0.39, 0.29) is 24.6 Å². The van der Waals surface area contributed by atoms with Gasteiger partial charge in [0.2, 0.25) is 11.9 Å². The monoisotopic (exact) mass is 241 g/mol. The molecule has 7 nitrogen and oxygen atoms in total. The highest BCUT2D eigenvalue weighted by molar-refractivity contribution is 5.33. The minimum absolute atomic E-state index is 0.108. The van der Waals surface area contributed by atoms with Gasteiger partial charge in [-0.25, -0.2) is 0 Å². The number of aliphatic hydroxyl groups excluding tert-OH is 1. The smallest absolute Gasteiger partial charge is 0.323 e. The Morgan fingerprint density at radius 3 is 2.71 bits per heavy atom. The van der Waals surface area contributed by atoms with Crippen molar-refractivity contribution in [1.82, 2.24) is 15.0 Å². The molecule has 1 rings (SSSR count). The first-order valence-electron chi connectivity index (χ1n) is 5.71. The molecule has 0 spiro atoms. The van der Waals surface area contributed by atoms with Gasteiger partial charge in [-0.2, -0.15) is 15.0 Å². The molecule has 4 N–H and O–H groups in total. The number of nitrogens with two attached hydrogens (primary N) is 1. The molecule has 1 aromatic rings. The van der Waals surface area contributed by atoms with Crippen LogP contribution in [-0.4, -0.2) is 39.3 Å². The fraction of sp³-hybridized carbons (Fsp3) is 0.700. The highest BCUT2D eigenvalue weighted by Gasteiger charge is 2.10. The first kappa shape index (κ1) is 13.4. The standard InChI is InChI=1S/C10H19N5O2/c1-3-7(5-6-16)12-9-13-8(11)14-10(15-9)17-4-2/h7,16H,3-6H2,1-2H3,(H3,11,12,13,14,15). The number of nitrogens with one attached hydrogen (secondary N) is 1. The zero-order valence-corrected chi connectivity index (χ0v) is 10.2. The summed E-state index contributed by atoms with van der Waals surface area (Å²) in [5.74, 6) is 0.492. The molecule has 17 heavy (non-hydrogen) atoms. The van der Waals surface area contributed by atoms with E-state index in [0.717, 1.165) is 6.42 Å². The predicted octanol–water partition coefficient (Wildman–Crippen LogP) is 0.425. The Bertz CT molecular complexity index is 347.